The van der Waals surface area contributed by atoms with Gasteiger partial charge in [-0.2, -0.15) is 0 Å². The van der Waals surface area contributed by atoms with Crippen LogP contribution in [-0.2, 0) is 4.79 Å². The van der Waals surface area contributed by atoms with Crippen molar-refractivity contribution >= 4 is 11.9 Å². The van der Waals surface area contributed by atoms with Crippen LogP contribution in [0.2, 0.25) is 0 Å². The predicted molar refractivity (Wildman–Crippen MR) is 140 cm³/mol. The maximum Gasteiger partial charge on any atom is 0.335 e. The number of carboxylic acids is 1. The molecular formula is C30H38N2O4. The lowest BCUT2D eigenvalue weighted by Crippen LogP contribution is -2.45. The number of carbonyl (C=O) groups excluding carboxylic acids is 1. The van der Waals surface area contributed by atoms with E-state index in [0.717, 1.165) is 49.1 Å². The van der Waals surface area contributed by atoms with Crippen molar-refractivity contribution in [3.05, 3.63) is 53.6 Å². The van der Waals surface area contributed by atoms with Gasteiger partial charge in [-0.25, -0.2) is 4.79 Å². The number of likely N-dealkylation sites (N-methyl/N-ethyl adjacent to an activating group) is 1. The molecule has 2 saturated carbocycles. The standard InChI is InChI=1S/C30H38N2O4/c1-30(2)17-26(32(3)18-30)28(33)31-21-12-13-22(16-21)36-27-14-11-20(29(34)35)15-25(27)24-10-5-4-9-23(24)19-7-6-8-19/h4-5,9-11,14-15,19,21-22,26H,6-8,12-13,16-18H2,1-3H3,(H,31,33)(H,34,35)/t21-,22-,26+/m1/s1. The second-order valence-electron chi connectivity index (χ2n) is 11.8. The molecule has 0 unspecified atom stereocenters. The minimum absolute atomic E-state index is 0.0154. The molecule has 2 N–H and O–H groups in total. The van der Waals surface area contributed by atoms with Crippen LogP contribution >= 0.6 is 0 Å². The second-order valence-corrected chi connectivity index (χ2v) is 11.8. The molecule has 2 aromatic rings. The van der Waals surface area contributed by atoms with Crippen LogP contribution < -0.4 is 10.1 Å². The van der Waals surface area contributed by atoms with Gasteiger partial charge >= 0.3 is 5.97 Å². The highest BCUT2D eigenvalue weighted by Gasteiger charge is 2.40. The number of carbonyl (C=O) groups is 2. The van der Waals surface area contributed by atoms with Crippen molar-refractivity contribution in [3.8, 4) is 16.9 Å². The molecule has 1 aliphatic heterocycles. The summed E-state index contributed by atoms with van der Waals surface area (Å²) >= 11 is 0. The van der Waals surface area contributed by atoms with Gasteiger partial charge in [-0.15, -0.1) is 0 Å². The lowest BCUT2D eigenvalue weighted by Gasteiger charge is -2.29. The number of ether oxygens (including phenoxy) is 1. The van der Waals surface area contributed by atoms with Crippen molar-refractivity contribution in [1.82, 2.24) is 10.2 Å². The first-order chi connectivity index (χ1) is 17.2. The summed E-state index contributed by atoms with van der Waals surface area (Å²) in [4.78, 5) is 26.9. The second kappa shape index (κ2) is 9.89. The van der Waals surface area contributed by atoms with Crippen molar-refractivity contribution in [2.45, 2.75) is 82.9 Å². The Morgan fingerprint density at radius 3 is 2.50 bits per heavy atom. The van der Waals surface area contributed by atoms with Gasteiger partial charge < -0.3 is 15.2 Å². The van der Waals surface area contributed by atoms with Gasteiger partial charge in [0.15, 0.2) is 0 Å². The van der Waals surface area contributed by atoms with Gasteiger partial charge in [0.1, 0.15) is 11.9 Å². The molecule has 0 aromatic heterocycles. The summed E-state index contributed by atoms with van der Waals surface area (Å²) in [6.45, 7) is 5.36. The summed E-state index contributed by atoms with van der Waals surface area (Å²) < 4.78 is 6.52. The molecule has 2 aromatic carbocycles. The van der Waals surface area contributed by atoms with Crippen LogP contribution in [-0.4, -0.2) is 53.7 Å². The molecule has 3 atom stereocenters. The summed E-state index contributed by atoms with van der Waals surface area (Å²) in [5, 5.41) is 12.9. The zero-order valence-corrected chi connectivity index (χ0v) is 21.6. The zero-order chi connectivity index (χ0) is 25.4. The smallest absolute Gasteiger partial charge is 0.335 e. The van der Waals surface area contributed by atoms with Gasteiger partial charge in [-0.05, 0) is 79.8 Å². The molecule has 1 heterocycles. The van der Waals surface area contributed by atoms with E-state index < -0.39 is 5.97 Å². The predicted octanol–water partition coefficient (Wildman–Crippen LogP) is 5.47. The molecule has 36 heavy (non-hydrogen) atoms. The number of likely N-dealkylation sites (tertiary alicyclic amines) is 1. The summed E-state index contributed by atoms with van der Waals surface area (Å²) in [6, 6.07) is 13.5. The summed E-state index contributed by atoms with van der Waals surface area (Å²) in [5.74, 6) is 0.426. The van der Waals surface area contributed by atoms with E-state index in [1.165, 1.54) is 24.8 Å². The molecule has 0 spiro atoms. The van der Waals surface area contributed by atoms with Gasteiger partial charge in [0.2, 0.25) is 5.91 Å². The van der Waals surface area contributed by atoms with E-state index in [-0.39, 0.29) is 35.1 Å². The largest absolute Gasteiger partial charge is 0.490 e. The highest BCUT2D eigenvalue weighted by atomic mass is 16.5. The summed E-state index contributed by atoms with van der Waals surface area (Å²) in [6.07, 6.45) is 6.95. The molecule has 192 valence electrons. The number of nitrogens with one attached hydrogen (secondary N) is 1. The van der Waals surface area contributed by atoms with Gasteiger partial charge in [0.25, 0.3) is 0 Å². The van der Waals surface area contributed by atoms with Crippen LogP contribution in [0.25, 0.3) is 11.1 Å². The third-order valence-electron chi connectivity index (χ3n) is 8.31. The zero-order valence-electron chi connectivity index (χ0n) is 21.6. The Bertz CT molecular complexity index is 1140. The van der Waals surface area contributed by atoms with E-state index >= 15 is 0 Å². The Morgan fingerprint density at radius 2 is 1.83 bits per heavy atom. The Balaban J connectivity index is 1.31. The highest BCUT2D eigenvalue weighted by molar-refractivity contribution is 5.91. The van der Waals surface area contributed by atoms with E-state index in [4.69, 9.17) is 4.74 Å². The molecule has 1 amide bonds. The number of aromatic carboxylic acids is 1. The number of carboxylic acid groups (broad SMARTS) is 1. The van der Waals surface area contributed by atoms with E-state index in [9.17, 15) is 14.7 Å². The van der Waals surface area contributed by atoms with E-state index in [0.29, 0.717) is 5.92 Å². The van der Waals surface area contributed by atoms with Crippen molar-refractivity contribution in [1.29, 1.82) is 0 Å². The highest BCUT2D eigenvalue weighted by Crippen LogP contribution is 2.44. The minimum Gasteiger partial charge on any atom is -0.490 e. The van der Waals surface area contributed by atoms with E-state index in [1.807, 2.05) is 13.1 Å². The molecule has 5 rings (SSSR count). The summed E-state index contributed by atoms with van der Waals surface area (Å²) in [7, 11) is 2.03. The van der Waals surface area contributed by atoms with Gasteiger partial charge in [-0.3, -0.25) is 9.69 Å². The Hall–Kier alpha value is -2.86. The number of benzene rings is 2. The molecular weight excluding hydrogens is 452 g/mol. The Kier molecular flexibility index (Phi) is 6.82. The minimum atomic E-state index is -0.937. The molecule has 3 fully saturated rings. The van der Waals surface area contributed by atoms with Gasteiger partial charge in [0.05, 0.1) is 11.6 Å². The van der Waals surface area contributed by atoms with E-state index in [1.54, 1.807) is 18.2 Å². The SMILES string of the molecule is CN1CC(C)(C)C[C@H]1C(=O)N[C@@H]1CC[C@@H](Oc2ccc(C(=O)O)cc2-c2ccccc2C2CCC2)C1. The number of hydrogen-bond acceptors (Lipinski definition) is 4. The fourth-order valence-corrected chi connectivity index (χ4v) is 6.27. The number of hydrogen-bond donors (Lipinski definition) is 2. The topological polar surface area (TPSA) is 78.9 Å². The summed E-state index contributed by atoms with van der Waals surface area (Å²) in [5.41, 5.74) is 3.61. The van der Waals surface area contributed by atoms with Gasteiger partial charge in [-0.1, -0.05) is 44.5 Å². The molecule has 1 saturated heterocycles. The molecule has 6 nitrogen and oxygen atoms in total. The quantitative estimate of drug-likeness (QED) is 0.538. The monoisotopic (exact) mass is 490 g/mol. The van der Waals surface area contributed by atoms with Crippen LogP contribution in [0, 0.1) is 5.41 Å². The molecule has 3 aliphatic rings. The van der Waals surface area contributed by atoms with Crippen molar-refractivity contribution in [2.24, 2.45) is 5.41 Å². The molecule has 6 heteroatoms. The lowest BCUT2D eigenvalue weighted by atomic mass is 9.77. The fourth-order valence-electron chi connectivity index (χ4n) is 6.27. The first-order valence-corrected chi connectivity index (χ1v) is 13.3. The number of rotatable bonds is 7. The Labute approximate surface area is 214 Å². The Morgan fingerprint density at radius 1 is 1.06 bits per heavy atom. The first kappa shape index (κ1) is 24.8. The maximum absolute atomic E-state index is 13.0. The van der Waals surface area contributed by atoms with Gasteiger partial charge in [0, 0.05) is 24.6 Å². The van der Waals surface area contributed by atoms with Crippen molar-refractivity contribution < 1.29 is 19.4 Å². The van der Waals surface area contributed by atoms with Crippen molar-refractivity contribution in [3.63, 3.8) is 0 Å². The van der Waals surface area contributed by atoms with Crippen LogP contribution in [0.4, 0.5) is 0 Å². The number of amides is 1. The number of nitrogens with zero attached hydrogens (tertiary/aromatic N) is 1. The molecule has 0 radical (unpaired) electrons. The average molecular weight is 491 g/mol. The third-order valence-corrected chi connectivity index (χ3v) is 8.31. The van der Waals surface area contributed by atoms with Crippen LogP contribution in [0.1, 0.15) is 80.6 Å². The van der Waals surface area contributed by atoms with E-state index in [2.05, 4.69) is 42.3 Å². The van der Waals surface area contributed by atoms with Crippen LogP contribution in [0.15, 0.2) is 42.5 Å². The molecule has 0 bridgehead atoms. The maximum atomic E-state index is 13.0. The lowest BCUT2D eigenvalue weighted by molar-refractivity contribution is -0.125. The normalized spacial score (nSPS) is 25.9. The third kappa shape index (κ3) is 5.15. The first-order valence-electron chi connectivity index (χ1n) is 13.3. The molecule has 2 aliphatic carbocycles. The average Bonchev–Trinajstić information content (AvgIpc) is 3.35. The fraction of sp³-hybridized carbons (Fsp3) is 0.533. The van der Waals surface area contributed by atoms with Crippen molar-refractivity contribution in [2.75, 3.05) is 13.6 Å². The van der Waals surface area contributed by atoms with Crippen LogP contribution in [0.3, 0.4) is 0 Å². The van der Waals surface area contributed by atoms with Crippen LogP contribution in [0.5, 0.6) is 5.75 Å².